The Labute approximate surface area is 197 Å². The van der Waals surface area contributed by atoms with Crippen LogP contribution in [0, 0.1) is 6.92 Å². The van der Waals surface area contributed by atoms with E-state index in [1.807, 2.05) is 48.0 Å². The van der Waals surface area contributed by atoms with Crippen LogP contribution in [-0.2, 0) is 10.4 Å². The molecule has 1 atom stereocenters. The van der Waals surface area contributed by atoms with Crippen LogP contribution in [0.5, 0.6) is 5.75 Å². The normalized spacial score (nSPS) is 18.5. The summed E-state index contributed by atoms with van der Waals surface area (Å²) in [6.07, 6.45) is 6.66. The second-order valence-corrected chi connectivity index (χ2v) is 8.56. The van der Waals surface area contributed by atoms with Gasteiger partial charge in [0.1, 0.15) is 12.9 Å². The lowest BCUT2D eigenvalue weighted by molar-refractivity contribution is 0.188. The van der Waals surface area contributed by atoms with Crippen molar-refractivity contribution >= 4 is 6.08 Å². The van der Waals surface area contributed by atoms with Crippen molar-refractivity contribution in [3.8, 4) is 11.4 Å². The number of benzene rings is 2. The second-order valence-electron chi connectivity index (χ2n) is 8.56. The Kier molecular flexibility index (Phi) is 5.57. The van der Waals surface area contributed by atoms with Crippen molar-refractivity contribution in [3.05, 3.63) is 94.3 Å². The predicted molar refractivity (Wildman–Crippen MR) is 129 cm³/mol. The van der Waals surface area contributed by atoms with Gasteiger partial charge in [0, 0.05) is 12.7 Å². The maximum absolute atomic E-state index is 5.69. The zero-order valence-corrected chi connectivity index (χ0v) is 19.8. The van der Waals surface area contributed by atoms with Crippen molar-refractivity contribution in [3.63, 3.8) is 0 Å². The lowest BCUT2D eigenvalue weighted by Crippen LogP contribution is -2.49. The maximum Gasteiger partial charge on any atom is 0.205 e. The standard InChI is InChI=1S/C26H28N6O2/c1-18-16-31(17-28-18)22-11-10-19(15-23(22)33-3)14-21-24(30-34-4)32-25(29-21)27-13-12-26(32,2)20-8-6-5-7-9-20/h5-11,14-17H,12-13H2,1-4H3,(H,27,29). The molecule has 4 aromatic rings. The minimum atomic E-state index is -0.306. The summed E-state index contributed by atoms with van der Waals surface area (Å²) in [6, 6.07) is 16.5. The molecule has 2 aromatic heterocycles. The van der Waals surface area contributed by atoms with Gasteiger partial charge in [0.05, 0.1) is 35.7 Å². The number of nitrogens with zero attached hydrogens (tertiary/aromatic N) is 5. The first kappa shape index (κ1) is 21.8. The van der Waals surface area contributed by atoms with Crippen LogP contribution >= 0.6 is 0 Å². The van der Waals surface area contributed by atoms with Gasteiger partial charge in [-0.05, 0) is 49.6 Å². The lowest BCUT2D eigenvalue weighted by Gasteiger charge is -2.33. The van der Waals surface area contributed by atoms with E-state index in [9.17, 15) is 0 Å². The first-order valence-electron chi connectivity index (χ1n) is 11.2. The van der Waals surface area contributed by atoms with Crippen molar-refractivity contribution < 1.29 is 9.57 Å². The Morgan fingerprint density at radius 1 is 1.15 bits per heavy atom. The number of imidazole rings is 2. The zero-order chi connectivity index (χ0) is 23.7. The van der Waals surface area contributed by atoms with Crippen LogP contribution in [0.4, 0.5) is 0 Å². The van der Waals surface area contributed by atoms with Gasteiger partial charge < -0.3 is 19.1 Å². The monoisotopic (exact) mass is 456 g/mol. The van der Waals surface area contributed by atoms with Crippen LogP contribution in [-0.4, -0.2) is 39.9 Å². The van der Waals surface area contributed by atoms with E-state index in [0.717, 1.165) is 46.6 Å². The van der Waals surface area contributed by atoms with Crippen LogP contribution in [0.2, 0.25) is 0 Å². The molecule has 34 heavy (non-hydrogen) atoms. The van der Waals surface area contributed by atoms with Gasteiger partial charge in [0.25, 0.3) is 0 Å². The van der Waals surface area contributed by atoms with E-state index in [4.69, 9.17) is 14.6 Å². The minimum Gasteiger partial charge on any atom is -0.495 e. The number of methoxy groups -OCH3 is 1. The first-order chi connectivity index (χ1) is 16.5. The molecule has 8 nitrogen and oxygen atoms in total. The van der Waals surface area contributed by atoms with E-state index in [2.05, 4.69) is 50.9 Å². The molecule has 0 saturated heterocycles. The minimum absolute atomic E-state index is 0.306. The predicted octanol–water partition coefficient (Wildman–Crippen LogP) is 2.40. The average Bonchev–Trinajstić information content (AvgIpc) is 3.44. The highest BCUT2D eigenvalue weighted by Crippen LogP contribution is 2.28. The van der Waals surface area contributed by atoms with Gasteiger partial charge in [0.15, 0.2) is 5.49 Å². The molecule has 0 aliphatic carbocycles. The molecule has 1 aliphatic heterocycles. The summed E-state index contributed by atoms with van der Waals surface area (Å²) in [5.74, 6) is 0.749. The lowest BCUT2D eigenvalue weighted by atomic mass is 9.87. The van der Waals surface area contributed by atoms with Crippen molar-refractivity contribution in [1.82, 2.24) is 19.1 Å². The number of aromatic amines is 1. The van der Waals surface area contributed by atoms with E-state index in [1.165, 1.54) is 5.56 Å². The van der Waals surface area contributed by atoms with E-state index >= 15 is 0 Å². The molecule has 1 aliphatic rings. The fourth-order valence-electron chi connectivity index (χ4n) is 4.59. The fraction of sp³-hybridized carbons (Fsp3) is 0.269. The molecule has 0 radical (unpaired) electrons. The van der Waals surface area contributed by atoms with Gasteiger partial charge in [0.2, 0.25) is 5.62 Å². The molecule has 5 rings (SSSR count). The highest BCUT2D eigenvalue weighted by atomic mass is 16.6. The van der Waals surface area contributed by atoms with Crippen molar-refractivity contribution in [2.45, 2.75) is 25.8 Å². The van der Waals surface area contributed by atoms with Crippen LogP contribution in [0.1, 0.15) is 30.2 Å². The summed E-state index contributed by atoms with van der Waals surface area (Å²) in [6.45, 7) is 4.91. The molecule has 3 heterocycles. The zero-order valence-electron chi connectivity index (χ0n) is 19.8. The number of aromatic nitrogens is 4. The number of nitrogens with one attached hydrogen (secondary N) is 1. The van der Waals surface area contributed by atoms with Gasteiger partial charge in [-0.1, -0.05) is 41.6 Å². The first-order valence-corrected chi connectivity index (χ1v) is 11.2. The van der Waals surface area contributed by atoms with E-state index in [-0.39, 0.29) is 5.54 Å². The highest BCUT2D eigenvalue weighted by molar-refractivity contribution is 5.58. The second kappa shape index (κ2) is 8.70. The Balaban J connectivity index is 1.68. The average molecular weight is 457 g/mol. The van der Waals surface area contributed by atoms with Gasteiger partial charge in [-0.15, -0.1) is 0 Å². The summed E-state index contributed by atoms with van der Waals surface area (Å²) in [5.41, 5.74) is 5.20. The number of hydrogen-bond donors (Lipinski definition) is 1. The van der Waals surface area contributed by atoms with Crippen LogP contribution in [0.15, 0.2) is 71.2 Å². The van der Waals surface area contributed by atoms with E-state index < -0.39 is 0 Å². The summed E-state index contributed by atoms with van der Waals surface area (Å²) in [4.78, 5) is 17.8. The molecule has 2 aromatic carbocycles. The Morgan fingerprint density at radius 2 is 1.97 bits per heavy atom. The van der Waals surface area contributed by atoms with Crippen molar-refractivity contribution in [2.75, 3.05) is 20.8 Å². The molecule has 0 amide bonds. The van der Waals surface area contributed by atoms with Gasteiger partial charge in [-0.3, -0.25) is 9.56 Å². The number of H-pyrrole nitrogens is 1. The molecule has 1 unspecified atom stereocenters. The molecule has 1 N–H and O–H groups in total. The molecule has 174 valence electrons. The molecule has 0 fully saturated rings. The Hall–Kier alpha value is -4.07. The molecule has 0 spiro atoms. The highest BCUT2D eigenvalue weighted by Gasteiger charge is 2.33. The smallest absolute Gasteiger partial charge is 0.205 e. The Bertz CT molecular complexity index is 1510. The van der Waals surface area contributed by atoms with Crippen LogP contribution in [0.3, 0.4) is 0 Å². The third kappa shape index (κ3) is 3.71. The van der Waals surface area contributed by atoms with Gasteiger partial charge in [-0.2, -0.15) is 0 Å². The van der Waals surface area contributed by atoms with Gasteiger partial charge >= 0.3 is 0 Å². The number of fused-ring (bicyclic) bond motifs is 1. The topological polar surface area (TPSA) is 81.7 Å². The number of ether oxygens (including phenoxy) is 1. The summed E-state index contributed by atoms with van der Waals surface area (Å²) >= 11 is 0. The van der Waals surface area contributed by atoms with E-state index in [0.29, 0.717) is 5.49 Å². The number of hydrogen-bond acceptors (Lipinski definition) is 5. The SMILES string of the molecule is CON=c1c(=Cc2ccc(-n3cnc(C)c3)c(OC)c2)[nH]c2n1C(C)(c1ccccc1)CCN=2. The Morgan fingerprint density at radius 3 is 2.68 bits per heavy atom. The molecule has 8 heteroatoms. The fourth-order valence-corrected chi connectivity index (χ4v) is 4.59. The third-order valence-electron chi connectivity index (χ3n) is 6.34. The van der Waals surface area contributed by atoms with E-state index in [1.54, 1.807) is 20.5 Å². The number of rotatable bonds is 5. The molecular formula is C26H28N6O2. The summed E-state index contributed by atoms with van der Waals surface area (Å²) in [5, 5.41) is 5.22. The van der Waals surface area contributed by atoms with Crippen LogP contribution < -0.4 is 21.2 Å². The molecule has 0 bridgehead atoms. The molecular weight excluding hydrogens is 428 g/mol. The molecule has 0 saturated carbocycles. The summed E-state index contributed by atoms with van der Waals surface area (Å²) < 4.78 is 9.78. The van der Waals surface area contributed by atoms with Crippen LogP contribution in [0.25, 0.3) is 11.8 Å². The summed E-state index contributed by atoms with van der Waals surface area (Å²) in [7, 11) is 3.24. The van der Waals surface area contributed by atoms with Crippen molar-refractivity contribution in [1.29, 1.82) is 0 Å². The number of aryl methyl sites for hydroxylation is 1. The quantitative estimate of drug-likeness (QED) is 0.468. The van der Waals surface area contributed by atoms with Crippen molar-refractivity contribution in [2.24, 2.45) is 10.1 Å². The maximum atomic E-state index is 5.69. The van der Waals surface area contributed by atoms with Gasteiger partial charge in [-0.25, -0.2) is 4.98 Å². The largest absolute Gasteiger partial charge is 0.495 e. The third-order valence-corrected chi connectivity index (χ3v) is 6.34.